The van der Waals surface area contributed by atoms with Crippen LogP contribution in [0.4, 0.5) is 0 Å². The minimum absolute atomic E-state index is 0.117. The summed E-state index contributed by atoms with van der Waals surface area (Å²) >= 11 is 17.1. The number of nitrogens with one attached hydrogen (secondary N) is 2. The van der Waals surface area contributed by atoms with Gasteiger partial charge >= 0.3 is 0 Å². The van der Waals surface area contributed by atoms with Crippen LogP contribution in [0.1, 0.15) is 64.2 Å². The second-order valence-electron chi connectivity index (χ2n) is 9.35. The highest BCUT2D eigenvalue weighted by atomic mass is 35.5. The molecule has 37 heavy (non-hydrogen) atoms. The van der Waals surface area contributed by atoms with Crippen molar-refractivity contribution in [1.29, 1.82) is 0 Å². The number of aliphatic hydroxyl groups excluding tert-OH is 1. The fraction of sp³-hybridized carbons (Fsp3) is 0.583. The summed E-state index contributed by atoms with van der Waals surface area (Å²) in [5, 5.41) is 23.8. The first-order chi connectivity index (χ1) is 18.0. The summed E-state index contributed by atoms with van der Waals surface area (Å²) in [5.41, 5.74) is 1.17. The summed E-state index contributed by atoms with van der Waals surface area (Å²) in [6.07, 6.45) is 16.2. The van der Waals surface area contributed by atoms with Gasteiger partial charge in [-0.25, -0.2) is 4.98 Å². The molecule has 0 aliphatic heterocycles. The number of hydrogen-bond donors (Lipinski definition) is 3. The zero-order chi connectivity index (χ0) is 26.0. The van der Waals surface area contributed by atoms with E-state index in [1.165, 1.54) is 64.2 Å². The lowest BCUT2D eigenvalue weighted by atomic mass is 9.90. The molecule has 200 valence electrons. The summed E-state index contributed by atoms with van der Waals surface area (Å²) in [4.78, 5) is 15.8. The molecule has 0 saturated heterocycles. The lowest BCUT2D eigenvalue weighted by molar-refractivity contribution is 0.190. The Hall–Kier alpha value is -2.27. The molecule has 10 nitrogen and oxygen atoms in total. The molecule has 3 N–H and O–H groups in total. The molecule has 0 spiro atoms. The van der Waals surface area contributed by atoms with Crippen molar-refractivity contribution in [3.8, 4) is 5.88 Å². The Kier molecular flexibility index (Phi) is 10.5. The van der Waals surface area contributed by atoms with Crippen LogP contribution in [0.15, 0.2) is 12.4 Å². The van der Waals surface area contributed by atoms with E-state index >= 15 is 0 Å². The van der Waals surface area contributed by atoms with Gasteiger partial charge in [0.25, 0.3) is 0 Å². The average molecular weight is 570 g/mol. The van der Waals surface area contributed by atoms with Crippen LogP contribution in [0.3, 0.4) is 0 Å². The number of fused-ring (bicyclic) bond motifs is 2. The molecular weight excluding hydrogens is 539 g/mol. The normalized spacial score (nSPS) is 16.6. The maximum absolute atomic E-state index is 8.69. The van der Waals surface area contributed by atoms with Crippen molar-refractivity contribution < 1.29 is 9.84 Å². The molecule has 0 bridgehead atoms. The highest BCUT2D eigenvalue weighted by Crippen LogP contribution is 2.27. The predicted molar refractivity (Wildman–Crippen MR) is 144 cm³/mol. The summed E-state index contributed by atoms with van der Waals surface area (Å²) in [6, 6.07) is 0. The first-order valence-corrected chi connectivity index (χ1v) is 13.8. The van der Waals surface area contributed by atoms with E-state index in [9.17, 15) is 0 Å². The average Bonchev–Trinajstić information content (AvgIpc) is 3.59. The van der Waals surface area contributed by atoms with Gasteiger partial charge in [-0.05, 0) is 60.7 Å². The number of nitrogens with zero attached hydrogens (tertiary/aromatic N) is 6. The van der Waals surface area contributed by atoms with Crippen molar-refractivity contribution in [2.24, 2.45) is 11.8 Å². The van der Waals surface area contributed by atoms with Gasteiger partial charge in [0.1, 0.15) is 10.5 Å². The fourth-order valence-electron chi connectivity index (χ4n) is 4.59. The molecule has 4 aromatic rings. The van der Waals surface area contributed by atoms with Crippen LogP contribution in [0.25, 0.3) is 22.1 Å². The molecule has 4 aromatic heterocycles. The van der Waals surface area contributed by atoms with Gasteiger partial charge in [-0.15, -0.1) is 0 Å². The number of aliphatic hydroxyl groups is 1. The molecule has 0 amide bonds. The van der Waals surface area contributed by atoms with Gasteiger partial charge in [-0.1, -0.05) is 50.1 Å². The van der Waals surface area contributed by atoms with Crippen LogP contribution in [-0.4, -0.2) is 58.7 Å². The van der Waals surface area contributed by atoms with Crippen molar-refractivity contribution >= 4 is 56.9 Å². The number of ether oxygens (including phenoxy) is 1. The highest BCUT2D eigenvalue weighted by molar-refractivity contribution is 6.35. The molecular formula is C24H31Cl3N8O2. The van der Waals surface area contributed by atoms with E-state index in [-0.39, 0.29) is 10.6 Å². The standard InChI is InChI=1S/C12H15ClN4O.C7H14O.C5H2Cl2N4/c13-12-15-10-9(6-14-17-10)11(16-12)18-7-8-4-2-1-3-5-8;8-6-7-4-2-1-3-5-7;6-3-2-1-8-11-4(2)10-5(7)9-3/h6,8H,1-5,7H2,(H,14,15,16,17);7-8H,1-6H2;1H,(H,8,9,10,11). The number of rotatable bonds is 4. The lowest BCUT2D eigenvalue weighted by Gasteiger charge is -2.21. The van der Waals surface area contributed by atoms with E-state index < -0.39 is 0 Å². The summed E-state index contributed by atoms with van der Waals surface area (Å²) in [7, 11) is 0. The Labute approximate surface area is 229 Å². The Bertz CT molecular complexity index is 1260. The Morgan fingerprint density at radius 3 is 1.86 bits per heavy atom. The van der Waals surface area contributed by atoms with Crippen LogP contribution in [-0.2, 0) is 0 Å². The van der Waals surface area contributed by atoms with Crippen LogP contribution in [0, 0.1) is 11.8 Å². The number of hydrogen-bond acceptors (Lipinski definition) is 8. The molecule has 0 radical (unpaired) electrons. The third-order valence-electron chi connectivity index (χ3n) is 6.65. The Morgan fingerprint density at radius 1 is 0.730 bits per heavy atom. The molecule has 4 heterocycles. The SMILES string of the molecule is Clc1nc(Cl)c2cn[nH]c2n1.Clc1nc(OCC2CCCCC2)c2cn[nH]c2n1.OCC1CCCCC1. The number of aromatic amines is 2. The molecule has 2 aliphatic carbocycles. The first-order valence-electron chi connectivity index (χ1n) is 12.7. The second-order valence-corrected chi connectivity index (χ2v) is 10.4. The molecule has 2 aliphatic rings. The molecule has 0 unspecified atom stereocenters. The number of H-pyrrole nitrogens is 2. The van der Waals surface area contributed by atoms with Gasteiger partial charge < -0.3 is 9.84 Å². The van der Waals surface area contributed by atoms with E-state index in [1.54, 1.807) is 12.4 Å². The van der Waals surface area contributed by atoms with Crippen LogP contribution in [0.2, 0.25) is 15.7 Å². The monoisotopic (exact) mass is 568 g/mol. The maximum atomic E-state index is 8.69. The Morgan fingerprint density at radius 2 is 1.27 bits per heavy atom. The van der Waals surface area contributed by atoms with Crippen molar-refractivity contribution in [1.82, 2.24) is 40.3 Å². The second kappa shape index (κ2) is 14.0. The van der Waals surface area contributed by atoms with E-state index in [0.717, 1.165) is 5.39 Å². The van der Waals surface area contributed by atoms with Gasteiger partial charge in [0.2, 0.25) is 16.4 Å². The van der Waals surface area contributed by atoms with E-state index in [4.69, 9.17) is 44.6 Å². The van der Waals surface area contributed by atoms with Crippen LogP contribution < -0.4 is 4.74 Å². The first kappa shape index (κ1) is 27.8. The van der Waals surface area contributed by atoms with Crippen LogP contribution >= 0.6 is 34.8 Å². The van der Waals surface area contributed by atoms with Gasteiger partial charge in [-0.2, -0.15) is 25.1 Å². The number of aromatic nitrogens is 8. The van der Waals surface area contributed by atoms with Gasteiger partial charge in [0.05, 0.1) is 24.4 Å². The third-order valence-corrected chi connectivity index (χ3v) is 7.27. The van der Waals surface area contributed by atoms with Gasteiger partial charge in [-0.3, -0.25) is 10.2 Å². The third kappa shape index (κ3) is 8.10. The topological polar surface area (TPSA) is 138 Å². The maximum Gasteiger partial charge on any atom is 0.229 e. The summed E-state index contributed by atoms with van der Waals surface area (Å²) < 4.78 is 5.80. The number of halogens is 3. The molecule has 0 aromatic carbocycles. The molecule has 6 rings (SSSR count). The predicted octanol–water partition coefficient (Wildman–Crippen LogP) is 6.18. The highest BCUT2D eigenvalue weighted by Gasteiger charge is 2.16. The van der Waals surface area contributed by atoms with Gasteiger partial charge in [0.15, 0.2) is 11.3 Å². The molecule has 2 fully saturated rings. The minimum atomic E-state index is 0.117. The molecule has 13 heteroatoms. The quantitative estimate of drug-likeness (QED) is 0.195. The van der Waals surface area contributed by atoms with E-state index in [0.29, 0.717) is 52.8 Å². The van der Waals surface area contributed by atoms with Gasteiger partial charge in [0, 0.05) is 6.61 Å². The van der Waals surface area contributed by atoms with Crippen molar-refractivity contribution in [3.05, 3.63) is 28.1 Å². The largest absolute Gasteiger partial charge is 0.477 e. The molecule has 0 atom stereocenters. The van der Waals surface area contributed by atoms with Crippen molar-refractivity contribution in [2.45, 2.75) is 64.2 Å². The fourth-order valence-corrected chi connectivity index (χ4v) is 5.18. The minimum Gasteiger partial charge on any atom is -0.477 e. The lowest BCUT2D eigenvalue weighted by Crippen LogP contribution is -2.15. The van der Waals surface area contributed by atoms with E-state index in [1.807, 2.05) is 0 Å². The summed E-state index contributed by atoms with van der Waals surface area (Å²) in [6.45, 7) is 1.12. The van der Waals surface area contributed by atoms with E-state index in [2.05, 4.69) is 40.3 Å². The Balaban J connectivity index is 0.000000143. The molecule has 2 saturated carbocycles. The summed E-state index contributed by atoms with van der Waals surface area (Å²) in [5.74, 6) is 1.81. The van der Waals surface area contributed by atoms with Crippen molar-refractivity contribution in [2.75, 3.05) is 13.2 Å². The van der Waals surface area contributed by atoms with Crippen LogP contribution in [0.5, 0.6) is 5.88 Å². The zero-order valence-corrected chi connectivity index (χ0v) is 22.7. The smallest absolute Gasteiger partial charge is 0.229 e. The van der Waals surface area contributed by atoms with Crippen molar-refractivity contribution in [3.63, 3.8) is 0 Å². The zero-order valence-electron chi connectivity index (χ0n) is 20.5.